The highest BCUT2D eigenvalue weighted by molar-refractivity contribution is 7.85. The summed E-state index contributed by atoms with van der Waals surface area (Å²) in [5, 5.41) is 0. The predicted octanol–water partition coefficient (Wildman–Crippen LogP) is 2.67. The van der Waals surface area contributed by atoms with E-state index in [1.165, 1.54) is 0 Å². The van der Waals surface area contributed by atoms with Gasteiger partial charge in [0.25, 0.3) is 10.1 Å². The highest BCUT2D eigenvalue weighted by Crippen LogP contribution is 2.05. The minimum absolute atomic E-state index is 0.0131. The smallest absolute Gasteiger partial charge is 0.264 e. The van der Waals surface area contributed by atoms with Gasteiger partial charge in [0.05, 0.1) is 18.5 Å². The molecule has 0 bridgehead atoms. The van der Waals surface area contributed by atoms with Crippen LogP contribution in [0.5, 0.6) is 0 Å². The van der Waals surface area contributed by atoms with Crippen molar-refractivity contribution in [2.24, 2.45) is 0 Å². The largest absolute Gasteiger partial charge is 0.378 e. The molecule has 0 saturated heterocycles. The van der Waals surface area contributed by atoms with Crippen LogP contribution < -0.4 is 0 Å². The Morgan fingerprint density at radius 3 is 2.52 bits per heavy atom. The lowest BCUT2D eigenvalue weighted by Crippen LogP contribution is -2.13. The Labute approximate surface area is 127 Å². The zero-order valence-electron chi connectivity index (χ0n) is 12.4. The SMILES string of the molecule is C[C@@H](CCCS(=O)(=O)O)OCCCOCc1ccccc1. The molecule has 1 aromatic carbocycles. The van der Waals surface area contributed by atoms with E-state index >= 15 is 0 Å². The highest BCUT2D eigenvalue weighted by Gasteiger charge is 2.07. The maximum Gasteiger partial charge on any atom is 0.264 e. The summed E-state index contributed by atoms with van der Waals surface area (Å²) in [4.78, 5) is 0. The fourth-order valence-electron chi connectivity index (χ4n) is 1.85. The maximum absolute atomic E-state index is 10.6. The van der Waals surface area contributed by atoms with E-state index in [1.807, 2.05) is 37.3 Å². The zero-order valence-corrected chi connectivity index (χ0v) is 13.2. The zero-order chi connectivity index (χ0) is 15.6. The van der Waals surface area contributed by atoms with Crippen molar-refractivity contribution >= 4 is 10.1 Å². The van der Waals surface area contributed by atoms with Crippen molar-refractivity contribution in [3.05, 3.63) is 35.9 Å². The third kappa shape index (κ3) is 10.4. The molecule has 6 heteroatoms. The van der Waals surface area contributed by atoms with Gasteiger partial charge >= 0.3 is 0 Å². The number of ether oxygens (including phenoxy) is 2. The first-order valence-corrected chi connectivity index (χ1v) is 8.77. The van der Waals surface area contributed by atoms with E-state index in [0.29, 0.717) is 32.7 Å². The Hall–Kier alpha value is -0.950. The van der Waals surface area contributed by atoms with Gasteiger partial charge in [-0.3, -0.25) is 4.55 Å². The van der Waals surface area contributed by atoms with Crippen molar-refractivity contribution in [2.45, 2.75) is 38.9 Å². The second kappa shape index (κ2) is 9.89. The predicted molar refractivity (Wildman–Crippen MR) is 81.8 cm³/mol. The normalized spacial score (nSPS) is 13.2. The molecule has 0 fully saturated rings. The third-order valence-corrected chi connectivity index (χ3v) is 3.76. The van der Waals surface area contributed by atoms with Crippen molar-refractivity contribution in [1.29, 1.82) is 0 Å². The summed E-state index contributed by atoms with van der Waals surface area (Å²) < 4.78 is 40.8. The van der Waals surface area contributed by atoms with Crippen molar-refractivity contribution in [3.8, 4) is 0 Å². The van der Waals surface area contributed by atoms with E-state index < -0.39 is 10.1 Å². The summed E-state index contributed by atoms with van der Waals surface area (Å²) >= 11 is 0. The summed E-state index contributed by atoms with van der Waals surface area (Å²) in [6, 6.07) is 9.98. The molecule has 0 heterocycles. The molecular weight excluding hydrogens is 292 g/mol. The fraction of sp³-hybridized carbons (Fsp3) is 0.600. The van der Waals surface area contributed by atoms with Crippen LogP contribution in [0.15, 0.2) is 30.3 Å². The molecule has 21 heavy (non-hydrogen) atoms. The van der Waals surface area contributed by atoms with Gasteiger partial charge in [-0.25, -0.2) is 0 Å². The van der Waals surface area contributed by atoms with Gasteiger partial charge in [-0.1, -0.05) is 30.3 Å². The Balaban J connectivity index is 1.96. The summed E-state index contributed by atoms with van der Waals surface area (Å²) in [5.74, 6) is -0.207. The lowest BCUT2D eigenvalue weighted by Gasteiger charge is -2.12. The molecule has 0 spiro atoms. The van der Waals surface area contributed by atoms with E-state index in [9.17, 15) is 8.42 Å². The molecule has 0 aliphatic carbocycles. The summed E-state index contributed by atoms with van der Waals surface area (Å²) in [6.07, 6.45) is 1.81. The molecule has 0 aromatic heterocycles. The molecule has 1 rings (SSSR count). The van der Waals surface area contributed by atoms with Gasteiger partial charge in [0.1, 0.15) is 0 Å². The molecule has 1 N–H and O–H groups in total. The van der Waals surface area contributed by atoms with E-state index in [-0.39, 0.29) is 11.9 Å². The molecule has 1 aromatic rings. The van der Waals surface area contributed by atoms with Crippen molar-refractivity contribution in [2.75, 3.05) is 19.0 Å². The van der Waals surface area contributed by atoms with Gasteiger partial charge in [-0.05, 0) is 31.7 Å². The van der Waals surface area contributed by atoms with Crippen molar-refractivity contribution in [1.82, 2.24) is 0 Å². The molecule has 0 amide bonds. The monoisotopic (exact) mass is 316 g/mol. The molecule has 0 saturated carbocycles. The Morgan fingerprint density at radius 2 is 1.86 bits per heavy atom. The van der Waals surface area contributed by atoms with E-state index in [2.05, 4.69) is 0 Å². The minimum atomic E-state index is -3.85. The quantitative estimate of drug-likeness (QED) is 0.502. The standard InChI is InChI=1S/C15H24O5S/c1-14(7-5-12-21(16,17)18)20-11-6-10-19-13-15-8-3-2-4-9-15/h2-4,8-9,14H,5-7,10-13H2,1H3,(H,16,17,18)/t14-/m0/s1. The number of hydrogen-bond acceptors (Lipinski definition) is 4. The van der Waals surface area contributed by atoms with Gasteiger partial charge in [0.15, 0.2) is 0 Å². The molecule has 0 aliphatic heterocycles. The Kier molecular flexibility index (Phi) is 8.52. The van der Waals surface area contributed by atoms with Gasteiger partial charge in [0, 0.05) is 13.2 Å². The molecule has 120 valence electrons. The number of benzene rings is 1. The van der Waals surface area contributed by atoms with Gasteiger partial charge in [-0.2, -0.15) is 8.42 Å². The van der Waals surface area contributed by atoms with Crippen molar-refractivity contribution < 1.29 is 22.4 Å². The first-order valence-electron chi connectivity index (χ1n) is 7.16. The summed E-state index contributed by atoms with van der Waals surface area (Å²) in [6.45, 7) is 3.72. The van der Waals surface area contributed by atoms with Crippen LogP contribution in [0.3, 0.4) is 0 Å². The van der Waals surface area contributed by atoms with Crippen LogP contribution in [0.1, 0.15) is 31.7 Å². The second-order valence-electron chi connectivity index (χ2n) is 5.00. The van der Waals surface area contributed by atoms with Crippen LogP contribution in [0, 0.1) is 0 Å². The fourth-order valence-corrected chi connectivity index (χ4v) is 2.38. The first kappa shape index (κ1) is 18.1. The molecule has 1 atom stereocenters. The molecule has 0 unspecified atom stereocenters. The van der Waals surface area contributed by atoms with Crippen molar-refractivity contribution in [3.63, 3.8) is 0 Å². The van der Waals surface area contributed by atoms with Crippen LogP contribution in [0.4, 0.5) is 0 Å². The topological polar surface area (TPSA) is 72.8 Å². The first-order chi connectivity index (χ1) is 9.97. The minimum Gasteiger partial charge on any atom is -0.378 e. The van der Waals surface area contributed by atoms with Gasteiger partial charge < -0.3 is 9.47 Å². The average Bonchev–Trinajstić information content (AvgIpc) is 2.42. The summed E-state index contributed by atoms with van der Waals surface area (Å²) in [5.41, 5.74) is 1.15. The molecule has 0 radical (unpaired) electrons. The van der Waals surface area contributed by atoms with Crippen LogP contribution in [-0.4, -0.2) is 38.0 Å². The molecule has 5 nitrogen and oxygen atoms in total. The second-order valence-corrected chi connectivity index (χ2v) is 6.57. The molecule has 0 aliphatic rings. The van der Waals surface area contributed by atoms with E-state index in [4.69, 9.17) is 14.0 Å². The lowest BCUT2D eigenvalue weighted by molar-refractivity contribution is 0.0353. The lowest BCUT2D eigenvalue weighted by atomic mass is 10.2. The van der Waals surface area contributed by atoms with Gasteiger partial charge in [-0.15, -0.1) is 0 Å². The van der Waals surface area contributed by atoms with Crippen LogP contribution in [0.25, 0.3) is 0 Å². The van der Waals surface area contributed by atoms with Crippen LogP contribution in [-0.2, 0) is 26.2 Å². The van der Waals surface area contributed by atoms with E-state index in [0.717, 1.165) is 12.0 Å². The van der Waals surface area contributed by atoms with Gasteiger partial charge in [0.2, 0.25) is 0 Å². The van der Waals surface area contributed by atoms with E-state index in [1.54, 1.807) is 0 Å². The number of rotatable bonds is 11. The number of hydrogen-bond donors (Lipinski definition) is 1. The summed E-state index contributed by atoms with van der Waals surface area (Å²) in [7, 11) is -3.85. The Bertz CT molecular complexity index is 472. The Morgan fingerprint density at radius 1 is 1.14 bits per heavy atom. The maximum atomic E-state index is 10.6. The average molecular weight is 316 g/mol. The third-order valence-electron chi connectivity index (χ3n) is 2.96. The highest BCUT2D eigenvalue weighted by atomic mass is 32.2. The van der Waals surface area contributed by atoms with Crippen LogP contribution >= 0.6 is 0 Å². The van der Waals surface area contributed by atoms with Crippen LogP contribution in [0.2, 0.25) is 0 Å². The molecular formula is C15H24O5S.